The number of hydrogen-bond acceptors (Lipinski definition) is 5. The number of para-hydroxylation sites is 1. The van der Waals surface area contributed by atoms with Crippen LogP contribution in [0.25, 0.3) is 22.0 Å². The summed E-state index contributed by atoms with van der Waals surface area (Å²) in [5.74, 6) is 0.533. The largest absolute Gasteiger partial charge is 0.384 e. The van der Waals surface area contributed by atoms with Crippen molar-refractivity contribution in [3.05, 3.63) is 79.1 Å². The van der Waals surface area contributed by atoms with Gasteiger partial charge in [-0.25, -0.2) is 4.98 Å². The number of rotatable bonds is 3. The average Bonchev–Trinajstić information content (AvgIpc) is 2.79. The molecule has 3 heterocycles. The molecule has 0 aliphatic carbocycles. The number of anilines is 3. The van der Waals surface area contributed by atoms with Gasteiger partial charge in [0.05, 0.1) is 5.52 Å². The van der Waals surface area contributed by atoms with E-state index in [0.717, 1.165) is 42.8 Å². The molecule has 2 aromatic carbocycles. The van der Waals surface area contributed by atoms with Crippen LogP contribution in [0.2, 0.25) is 0 Å². The first-order chi connectivity index (χ1) is 14.3. The second-order valence-electron chi connectivity index (χ2n) is 7.34. The Morgan fingerprint density at radius 1 is 0.690 bits per heavy atom. The van der Waals surface area contributed by atoms with E-state index < -0.39 is 0 Å². The van der Waals surface area contributed by atoms with Crippen LogP contribution in [0.5, 0.6) is 0 Å². The van der Waals surface area contributed by atoms with E-state index in [1.807, 2.05) is 18.3 Å². The molecule has 5 rings (SSSR count). The Hall–Kier alpha value is -3.60. The van der Waals surface area contributed by atoms with Gasteiger partial charge in [0.15, 0.2) is 0 Å². The minimum atomic E-state index is 0.533. The minimum Gasteiger partial charge on any atom is -0.384 e. The third kappa shape index (κ3) is 3.47. The van der Waals surface area contributed by atoms with E-state index in [0.29, 0.717) is 5.82 Å². The number of nitrogen functional groups attached to an aromatic ring is 1. The van der Waals surface area contributed by atoms with Crippen molar-refractivity contribution in [1.82, 2.24) is 9.97 Å². The molecular weight excluding hydrogens is 358 g/mol. The first-order valence-electron chi connectivity index (χ1n) is 9.93. The smallest absolute Gasteiger partial charge is 0.123 e. The lowest BCUT2D eigenvalue weighted by molar-refractivity contribution is 0.655. The number of nitrogens with two attached hydrogens (primary N) is 1. The van der Waals surface area contributed by atoms with E-state index in [2.05, 4.69) is 74.4 Å². The molecular formula is C24H23N5. The number of aromatic nitrogens is 2. The molecule has 0 spiro atoms. The van der Waals surface area contributed by atoms with Gasteiger partial charge in [-0.05, 0) is 53.6 Å². The number of piperazine rings is 1. The lowest BCUT2D eigenvalue weighted by Crippen LogP contribution is -2.46. The van der Waals surface area contributed by atoms with Crippen molar-refractivity contribution in [2.75, 3.05) is 41.7 Å². The fourth-order valence-corrected chi connectivity index (χ4v) is 4.06. The summed E-state index contributed by atoms with van der Waals surface area (Å²) in [6.07, 6.45) is 3.66. The summed E-state index contributed by atoms with van der Waals surface area (Å²) in [6.45, 7) is 3.99. The van der Waals surface area contributed by atoms with Gasteiger partial charge in [0, 0.05) is 55.3 Å². The molecule has 1 aliphatic heterocycles. The average molecular weight is 381 g/mol. The predicted octanol–water partition coefficient (Wildman–Crippen LogP) is 4.21. The Morgan fingerprint density at radius 3 is 2.21 bits per heavy atom. The Labute approximate surface area is 170 Å². The van der Waals surface area contributed by atoms with Crippen molar-refractivity contribution >= 4 is 28.1 Å². The molecule has 0 amide bonds. The molecule has 144 valence electrons. The minimum absolute atomic E-state index is 0.533. The van der Waals surface area contributed by atoms with E-state index in [4.69, 9.17) is 5.73 Å². The van der Waals surface area contributed by atoms with Gasteiger partial charge in [0.25, 0.3) is 0 Å². The van der Waals surface area contributed by atoms with Gasteiger partial charge in [-0.15, -0.1) is 0 Å². The molecule has 5 heteroatoms. The summed E-state index contributed by atoms with van der Waals surface area (Å²) in [5, 5.41) is 1.17. The SMILES string of the molecule is Nc1cc(-c2ccc3nccc(N4CCN(c5ccccc5)CC4)c3c2)ccn1. The fraction of sp³-hybridized carbons (Fsp3) is 0.167. The highest BCUT2D eigenvalue weighted by Crippen LogP contribution is 2.31. The van der Waals surface area contributed by atoms with Gasteiger partial charge < -0.3 is 15.5 Å². The van der Waals surface area contributed by atoms with Crippen molar-refractivity contribution in [3.63, 3.8) is 0 Å². The molecule has 2 aromatic heterocycles. The maximum absolute atomic E-state index is 5.88. The molecule has 1 aliphatic rings. The number of nitrogens with zero attached hydrogens (tertiary/aromatic N) is 4. The van der Waals surface area contributed by atoms with E-state index in [9.17, 15) is 0 Å². The van der Waals surface area contributed by atoms with Crippen LogP contribution >= 0.6 is 0 Å². The normalized spacial score (nSPS) is 14.3. The first-order valence-corrected chi connectivity index (χ1v) is 9.93. The van der Waals surface area contributed by atoms with Crippen molar-refractivity contribution in [2.24, 2.45) is 0 Å². The van der Waals surface area contributed by atoms with Crippen LogP contribution in [0.4, 0.5) is 17.2 Å². The van der Waals surface area contributed by atoms with Crippen LogP contribution in [0.15, 0.2) is 79.1 Å². The molecule has 29 heavy (non-hydrogen) atoms. The lowest BCUT2D eigenvalue weighted by atomic mass is 10.0. The van der Waals surface area contributed by atoms with Gasteiger partial charge in [0.2, 0.25) is 0 Å². The van der Waals surface area contributed by atoms with Crippen LogP contribution in [-0.2, 0) is 0 Å². The zero-order chi connectivity index (χ0) is 19.6. The van der Waals surface area contributed by atoms with E-state index in [1.165, 1.54) is 16.8 Å². The Bertz CT molecular complexity index is 1130. The van der Waals surface area contributed by atoms with Crippen molar-refractivity contribution < 1.29 is 0 Å². The van der Waals surface area contributed by atoms with Gasteiger partial charge in [0.1, 0.15) is 5.82 Å². The second-order valence-corrected chi connectivity index (χ2v) is 7.34. The molecule has 4 aromatic rings. The fourth-order valence-electron chi connectivity index (χ4n) is 4.06. The Morgan fingerprint density at radius 2 is 1.41 bits per heavy atom. The number of benzene rings is 2. The maximum atomic E-state index is 5.88. The summed E-state index contributed by atoms with van der Waals surface area (Å²) in [6, 6.07) is 23.1. The highest BCUT2D eigenvalue weighted by atomic mass is 15.3. The Balaban J connectivity index is 1.45. The van der Waals surface area contributed by atoms with E-state index in [-0.39, 0.29) is 0 Å². The second kappa shape index (κ2) is 7.43. The molecule has 1 fully saturated rings. The molecule has 5 nitrogen and oxygen atoms in total. The van der Waals surface area contributed by atoms with Crippen LogP contribution in [-0.4, -0.2) is 36.1 Å². The summed E-state index contributed by atoms with van der Waals surface area (Å²) in [4.78, 5) is 13.6. The highest BCUT2D eigenvalue weighted by Gasteiger charge is 2.19. The Kier molecular flexibility index (Phi) is 4.48. The van der Waals surface area contributed by atoms with Gasteiger partial charge >= 0.3 is 0 Å². The molecule has 0 bridgehead atoms. The number of hydrogen-bond donors (Lipinski definition) is 1. The third-order valence-electron chi connectivity index (χ3n) is 5.57. The third-order valence-corrected chi connectivity index (χ3v) is 5.57. The molecule has 0 unspecified atom stereocenters. The lowest BCUT2D eigenvalue weighted by Gasteiger charge is -2.37. The summed E-state index contributed by atoms with van der Waals surface area (Å²) in [7, 11) is 0. The summed E-state index contributed by atoms with van der Waals surface area (Å²) < 4.78 is 0. The highest BCUT2D eigenvalue weighted by molar-refractivity contribution is 5.95. The van der Waals surface area contributed by atoms with Crippen molar-refractivity contribution in [2.45, 2.75) is 0 Å². The van der Waals surface area contributed by atoms with Crippen LogP contribution in [0.3, 0.4) is 0 Å². The van der Waals surface area contributed by atoms with Crippen LogP contribution in [0, 0.1) is 0 Å². The molecule has 0 radical (unpaired) electrons. The molecule has 2 N–H and O–H groups in total. The zero-order valence-corrected chi connectivity index (χ0v) is 16.2. The standard InChI is InChI=1S/C24H23N5/c25-24-17-19(8-10-27-24)18-6-7-22-21(16-18)23(9-11-26-22)29-14-12-28(13-15-29)20-4-2-1-3-5-20/h1-11,16-17H,12-15H2,(H2,25,27). The van der Waals surface area contributed by atoms with Gasteiger partial charge in [-0.1, -0.05) is 24.3 Å². The van der Waals surface area contributed by atoms with E-state index >= 15 is 0 Å². The topological polar surface area (TPSA) is 58.3 Å². The number of fused-ring (bicyclic) bond motifs is 1. The number of pyridine rings is 2. The maximum Gasteiger partial charge on any atom is 0.123 e. The van der Waals surface area contributed by atoms with Gasteiger partial charge in [-0.2, -0.15) is 0 Å². The predicted molar refractivity (Wildman–Crippen MR) is 120 cm³/mol. The molecule has 0 saturated carbocycles. The summed E-state index contributed by atoms with van der Waals surface area (Å²) in [5.41, 5.74) is 11.6. The van der Waals surface area contributed by atoms with Crippen molar-refractivity contribution in [1.29, 1.82) is 0 Å². The first kappa shape index (κ1) is 17.5. The van der Waals surface area contributed by atoms with Crippen molar-refractivity contribution in [3.8, 4) is 11.1 Å². The van der Waals surface area contributed by atoms with Crippen LogP contribution < -0.4 is 15.5 Å². The molecule has 0 atom stereocenters. The quantitative estimate of drug-likeness (QED) is 0.576. The van der Waals surface area contributed by atoms with Gasteiger partial charge in [-0.3, -0.25) is 4.98 Å². The van der Waals surface area contributed by atoms with E-state index in [1.54, 1.807) is 6.20 Å². The zero-order valence-electron chi connectivity index (χ0n) is 16.2. The molecule has 1 saturated heterocycles. The summed E-state index contributed by atoms with van der Waals surface area (Å²) >= 11 is 0. The van der Waals surface area contributed by atoms with Crippen LogP contribution in [0.1, 0.15) is 0 Å². The monoisotopic (exact) mass is 381 g/mol.